The summed E-state index contributed by atoms with van der Waals surface area (Å²) in [6.45, 7) is 10.5. The van der Waals surface area contributed by atoms with Gasteiger partial charge in [-0.3, -0.25) is 4.68 Å². The fraction of sp³-hybridized carbons (Fsp3) is 0.812. The molecule has 1 aromatic heterocycles. The summed E-state index contributed by atoms with van der Waals surface area (Å²) < 4.78 is 7.10. The smallest absolute Gasteiger partial charge is 0.0756 e. The number of aromatic nitrogens is 2. The number of nitrogens with one attached hydrogen (secondary N) is 1. The number of anilines is 1. The van der Waals surface area contributed by atoms with Gasteiger partial charge in [0.25, 0.3) is 0 Å². The molecular formula is C16H30N4O. The summed E-state index contributed by atoms with van der Waals surface area (Å²) in [5.74, 6) is 0.627. The second-order valence-corrected chi connectivity index (χ2v) is 6.31. The van der Waals surface area contributed by atoms with Gasteiger partial charge >= 0.3 is 0 Å². The van der Waals surface area contributed by atoms with Crippen molar-refractivity contribution in [2.24, 2.45) is 5.92 Å². The Morgan fingerprint density at radius 3 is 2.95 bits per heavy atom. The summed E-state index contributed by atoms with van der Waals surface area (Å²) in [6, 6.07) is 1.13. The van der Waals surface area contributed by atoms with Crippen molar-refractivity contribution in [3.8, 4) is 0 Å². The highest BCUT2D eigenvalue weighted by Crippen LogP contribution is 2.24. The minimum atomic E-state index is 0.540. The maximum absolute atomic E-state index is 5.12. The van der Waals surface area contributed by atoms with Crippen LogP contribution in [-0.2, 0) is 11.3 Å². The Bertz CT molecular complexity index is 418. The summed E-state index contributed by atoms with van der Waals surface area (Å²) in [4.78, 5) is 2.54. The van der Waals surface area contributed by atoms with Gasteiger partial charge in [-0.15, -0.1) is 0 Å². The molecule has 5 nitrogen and oxygen atoms in total. The van der Waals surface area contributed by atoms with Gasteiger partial charge < -0.3 is 15.0 Å². The highest BCUT2D eigenvalue weighted by molar-refractivity contribution is 5.45. The summed E-state index contributed by atoms with van der Waals surface area (Å²) >= 11 is 0. The van der Waals surface area contributed by atoms with Gasteiger partial charge in [0, 0.05) is 38.5 Å². The van der Waals surface area contributed by atoms with Crippen LogP contribution in [0.2, 0.25) is 0 Å². The van der Waals surface area contributed by atoms with Crippen molar-refractivity contribution in [3.63, 3.8) is 0 Å². The van der Waals surface area contributed by atoms with Crippen LogP contribution in [0.25, 0.3) is 0 Å². The lowest BCUT2D eigenvalue weighted by Crippen LogP contribution is -2.58. The standard InChI is InChI=1S/C16H30N4O/c1-5-6-14-11-20(16(10-17-14)13(2)3)15-9-18-19(12-15)7-8-21-4/h9,12-14,16-17H,5-8,10-11H2,1-4H3. The number of hydrogen-bond donors (Lipinski definition) is 1. The summed E-state index contributed by atoms with van der Waals surface area (Å²) in [5, 5.41) is 8.17. The van der Waals surface area contributed by atoms with Crippen LogP contribution in [0, 0.1) is 5.92 Å². The van der Waals surface area contributed by atoms with E-state index in [-0.39, 0.29) is 0 Å². The molecule has 1 aliphatic rings. The minimum absolute atomic E-state index is 0.540. The van der Waals surface area contributed by atoms with E-state index in [0.29, 0.717) is 24.6 Å². The minimum Gasteiger partial charge on any atom is -0.383 e. The van der Waals surface area contributed by atoms with E-state index in [1.165, 1.54) is 18.5 Å². The molecule has 120 valence electrons. The Labute approximate surface area is 128 Å². The van der Waals surface area contributed by atoms with Crippen LogP contribution < -0.4 is 10.2 Å². The van der Waals surface area contributed by atoms with E-state index in [1.807, 2.05) is 10.9 Å². The zero-order valence-electron chi connectivity index (χ0n) is 13.9. The number of rotatable bonds is 7. The van der Waals surface area contributed by atoms with E-state index in [0.717, 1.165) is 19.6 Å². The third-order valence-electron chi connectivity index (χ3n) is 4.32. The number of hydrogen-bond acceptors (Lipinski definition) is 4. The average molecular weight is 294 g/mol. The largest absolute Gasteiger partial charge is 0.383 e. The fourth-order valence-corrected chi connectivity index (χ4v) is 3.08. The first-order valence-electron chi connectivity index (χ1n) is 8.17. The molecule has 0 aliphatic carbocycles. The lowest BCUT2D eigenvalue weighted by Gasteiger charge is -2.43. The van der Waals surface area contributed by atoms with Crippen molar-refractivity contribution in [1.29, 1.82) is 0 Å². The molecule has 1 N–H and O–H groups in total. The number of ether oxygens (including phenoxy) is 1. The molecule has 0 bridgehead atoms. The molecular weight excluding hydrogens is 264 g/mol. The Balaban J connectivity index is 2.09. The van der Waals surface area contributed by atoms with E-state index in [1.54, 1.807) is 7.11 Å². The highest BCUT2D eigenvalue weighted by atomic mass is 16.5. The van der Waals surface area contributed by atoms with Crippen molar-refractivity contribution >= 4 is 5.69 Å². The van der Waals surface area contributed by atoms with Gasteiger partial charge in [0.15, 0.2) is 0 Å². The molecule has 0 amide bonds. The number of methoxy groups -OCH3 is 1. The monoisotopic (exact) mass is 294 g/mol. The third-order valence-corrected chi connectivity index (χ3v) is 4.32. The number of piperazine rings is 1. The Morgan fingerprint density at radius 2 is 2.29 bits per heavy atom. The van der Waals surface area contributed by atoms with Crippen molar-refractivity contribution in [2.45, 2.75) is 52.2 Å². The molecule has 21 heavy (non-hydrogen) atoms. The first kappa shape index (κ1) is 16.3. The van der Waals surface area contributed by atoms with Gasteiger partial charge in [0.2, 0.25) is 0 Å². The Kier molecular flexibility index (Phi) is 6.06. The molecule has 2 heterocycles. The van der Waals surface area contributed by atoms with Crippen LogP contribution in [0.5, 0.6) is 0 Å². The van der Waals surface area contributed by atoms with Crippen LogP contribution in [-0.4, -0.2) is 48.7 Å². The Hall–Kier alpha value is -1.07. The van der Waals surface area contributed by atoms with Crippen LogP contribution >= 0.6 is 0 Å². The maximum atomic E-state index is 5.12. The van der Waals surface area contributed by atoms with Crippen molar-refractivity contribution < 1.29 is 4.74 Å². The molecule has 5 heteroatoms. The van der Waals surface area contributed by atoms with Crippen LogP contribution in [0.3, 0.4) is 0 Å². The normalized spacial score (nSPS) is 23.0. The van der Waals surface area contributed by atoms with E-state index < -0.39 is 0 Å². The topological polar surface area (TPSA) is 42.3 Å². The van der Waals surface area contributed by atoms with Crippen LogP contribution in [0.1, 0.15) is 33.6 Å². The van der Waals surface area contributed by atoms with Crippen molar-refractivity contribution in [2.75, 3.05) is 31.7 Å². The Morgan fingerprint density at radius 1 is 1.48 bits per heavy atom. The second-order valence-electron chi connectivity index (χ2n) is 6.31. The molecule has 0 spiro atoms. The molecule has 2 unspecified atom stereocenters. The van der Waals surface area contributed by atoms with Crippen molar-refractivity contribution in [3.05, 3.63) is 12.4 Å². The predicted molar refractivity (Wildman–Crippen MR) is 86.8 cm³/mol. The maximum Gasteiger partial charge on any atom is 0.0756 e. The molecule has 1 saturated heterocycles. The zero-order chi connectivity index (χ0) is 15.2. The molecule has 0 radical (unpaired) electrons. The van der Waals surface area contributed by atoms with Gasteiger partial charge in [-0.2, -0.15) is 5.10 Å². The summed E-state index contributed by atoms with van der Waals surface area (Å²) in [5.41, 5.74) is 1.24. The quantitative estimate of drug-likeness (QED) is 0.836. The SMILES string of the molecule is CCCC1CN(c2cnn(CCOC)c2)C(C(C)C)CN1. The third kappa shape index (κ3) is 4.20. The zero-order valence-corrected chi connectivity index (χ0v) is 13.9. The summed E-state index contributed by atoms with van der Waals surface area (Å²) in [6.07, 6.45) is 6.62. The van der Waals surface area contributed by atoms with E-state index in [2.05, 4.69) is 42.3 Å². The molecule has 1 aromatic rings. The molecule has 1 fully saturated rings. The first-order valence-corrected chi connectivity index (χ1v) is 8.17. The fourth-order valence-electron chi connectivity index (χ4n) is 3.08. The number of nitrogens with zero attached hydrogens (tertiary/aromatic N) is 3. The molecule has 2 atom stereocenters. The van der Waals surface area contributed by atoms with Crippen LogP contribution in [0.4, 0.5) is 5.69 Å². The average Bonchev–Trinajstić information content (AvgIpc) is 2.94. The van der Waals surface area contributed by atoms with E-state index in [4.69, 9.17) is 4.74 Å². The summed E-state index contributed by atoms with van der Waals surface area (Å²) in [7, 11) is 1.73. The van der Waals surface area contributed by atoms with Gasteiger partial charge in [-0.25, -0.2) is 0 Å². The molecule has 0 aromatic carbocycles. The van der Waals surface area contributed by atoms with Gasteiger partial charge in [0.05, 0.1) is 25.0 Å². The van der Waals surface area contributed by atoms with E-state index in [9.17, 15) is 0 Å². The van der Waals surface area contributed by atoms with Gasteiger partial charge in [-0.05, 0) is 12.3 Å². The lowest BCUT2D eigenvalue weighted by molar-refractivity contribution is 0.183. The molecule has 0 saturated carbocycles. The predicted octanol–water partition coefficient (Wildman–Crippen LogP) is 2.13. The molecule has 1 aliphatic heterocycles. The van der Waals surface area contributed by atoms with E-state index >= 15 is 0 Å². The molecule has 2 rings (SSSR count). The lowest BCUT2D eigenvalue weighted by atomic mass is 9.97. The first-order chi connectivity index (χ1) is 10.2. The van der Waals surface area contributed by atoms with Crippen molar-refractivity contribution in [1.82, 2.24) is 15.1 Å². The van der Waals surface area contributed by atoms with Gasteiger partial charge in [-0.1, -0.05) is 27.2 Å². The highest BCUT2D eigenvalue weighted by Gasteiger charge is 2.30. The van der Waals surface area contributed by atoms with Crippen LogP contribution in [0.15, 0.2) is 12.4 Å². The van der Waals surface area contributed by atoms with Gasteiger partial charge in [0.1, 0.15) is 0 Å². The second kappa shape index (κ2) is 7.80.